The van der Waals surface area contributed by atoms with Gasteiger partial charge in [-0.1, -0.05) is 36.6 Å². The van der Waals surface area contributed by atoms with Gasteiger partial charge in [-0.2, -0.15) is 0 Å². The van der Waals surface area contributed by atoms with Crippen LogP contribution >= 0.6 is 11.6 Å². The van der Waals surface area contributed by atoms with Crippen LogP contribution in [0.3, 0.4) is 0 Å². The van der Waals surface area contributed by atoms with Crippen LogP contribution in [0.5, 0.6) is 0 Å². The van der Waals surface area contributed by atoms with E-state index in [0.29, 0.717) is 6.54 Å². The van der Waals surface area contributed by atoms with Gasteiger partial charge in [-0.25, -0.2) is 0 Å². The molecular weight excluding hydrogens is 270 g/mol. The van der Waals surface area contributed by atoms with Crippen molar-refractivity contribution in [3.63, 3.8) is 0 Å². The summed E-state index contributed by atoms with van der Waals surface area (Å²) < 4.78 is 0. The van der Waals surface area contributed by atoms with Crippen LogP contribution in [0.1, 0.15) is 36.8 Å². The van der Waals surface area contributed by atoms with E-state index in [4.69, 9.17) is 11.6 Å². The van der Waals surface area contributed by atoms with Crippen LogP contribution in [0.25, 0.3) is 5.57 Å². The van der Waals surface area contributed by atoms with Crippen molar-refractivity contribution in [1.82, 2.24) is 4.90 Å². The van der Waals surface area contributed by atoms with Crippen molar-refractivity contribution in [2.24, 2.45) is 0 Å². The first-order valence-corrected chi connectivity index (χ1v) is 7.76. The first-order valence-electron chi connectivity index (χ1n) is 7.38. The molecule has 1 aromatic carbocycles. The number of benzene rings is 1. The molecule has 3 rings (SSSR count). The molecule has 2 aliphatic carbocycles. The Kier molecular flexibility index (Phi) is 3.65. The number of aliphatic hydroxyl groups is 1. The summed E-state index contributed by atoms with van der Waals surface area (Å²) in [6, 6.07) is 6.17. The van der Waals surface area contributed by atoms with Crippen LogP contribution in [0.15, 0.2) is 24.3 Å². The van der Waals surface area contributed by atoms with E-state index >= 15 is 0 Å². The van der Waals surface area contributed by atoms with Gasteiger partial charge in [0.25, 0.3) is 0 Å². The minimum absolute atomic E-state index is 0.155. The standard InChI is InChI=1S/C17H22ClNO/c1-19(2)11-16(20)14-10-17(7-3-4-8-17)15-6-5-12(18)9-13(14)15/h5-6,9-10,16,20H,3-4,7-8,11H2,1-2H3. The number of fused-ring (bicyclic) bond motifs is 2. The summed E-state index contributed by atoms with van der Waals surface area (Å²) >= 11 is 6.17. The molecule has 1 saturated carbocycles. The smallest absolute Gasteiger partial charge is 0.0919 e. The average molecular weight is 292 g/mol. The molecule has 1 fully saturated rings. The topological polar surface area (TPSA) is 23.5 Å². The van der Waals surface area contributed by atoms with Crippen LogP contribution in [0, 0.1) is 0 Å². The number of hydrogen-bond donors (Lipinski definition) is 1. The molecule has 1 aromatic rings. The molecule has 0 aliphatic heterocycles. The molecule has 1 atom stereocenters. The molecule has 0 radical (unpaired) electrons. The first kappa shape index (κ1) is 14.1. The second-order valence-electron chi connectivity index (χ2n) is 6.43. The summed E-state index contributed by atoms with van der Waals surface area (Å²) in [6.45, 7) is 0.647. The van der Waals surface area contributed by atoms with Crippen molar-refractivity contribution in [2.75, 3.05) is 20.6 Å². The molecule has 0 saturated heterocycles. The van der Waals surface area contributed by atoms with Crippen LogP contribution < -0.4 is 0 Å². The number of nitrogens with zero attached hydrogens (tertiary/aromatic N) is 1. The molecule has 3 heteroatoms. The zero-order chi connectivity index (χ0) is 14.3. The summed E-state index contributed by atoms with van der Waals surface area (Å²) in [6.07, 6.45) is 6.82. The van der Waals surface area contributed by atoms with E-state index in [1.807, 2.05) is 31.1 Å². The number of aliphatic hydroxyl groups excluding tert-OH is 1. The Morgan fingerprint density at radius 3 is 2.65 bits per heavy atom. The quantitative estimate of drug-likeness (QED) is 0.922. The Labute approximate surface area is 126 Å². The highest BCUT2D eigenvalue weighted by Gasteiger charge is 2.41. The lowest BCUT2D eigenvalue weighted by atomic mass is 9.81. The van der Waals surface area contributed by atoms with Gasteiger partial charge >= 0.3 is 0 Å². The Bertz CT molecular complexity index is 544. The van der Waals surface area contributed by atoms with Crippen LogP contribution in [0.2, 0.25) is 5.02 Å². The van der Waals surface area contributed by atoms with Crippen LogP contribution in [0.4, 0.5) is 0 Å². The molecule has 0 heterocycles. The summed E-state index contributed by atoms with van der Waals surface area (Å²) in [7, 11) is 3.98. The van der Waals surface area contributed by atoms with Gasteiger partial charge in [-0.05, 0) is 55.8 Å². The summed E-state index contributed by atoms with van der Waals surface area (Å²) in [5.41, 5.74) is 3.75. The van der Waals surface area contributed by atoms with Gasteiger partial charge in [0, 0.05) is 17.0 Å². The molecular formula is C17H22ClNO. The van der Waals surface area contributed by atoms with Gasteiger partial charge in [-0.15, -0.1) is 0 Å². The molecule has 1 spiro atoms. The number of likely N-dealkylation sites (N-methyl/N-ethyl adjacent to an activating group) is 1. The number of allylic oxidation sites excluding steroid dienone is 1. The lowest BCUT2D eigenvalue weighted by molar-refractivity contribution is 0.186. The van der Waals surface area contributed by atoms with Crippen molar-refractivity contribution >= 4 is 17.2 Å². The van der Waals surface area contributed by atoms with E-state index in [0.717, 1.165) is 16.2 Å². The molecule has 0 amide bonds. The van der Waals surface area contributed by atoms with Gasteiger partial charge in [0.05, 0.1) is 6.10 Å². The second-order valence-corrected chi connectivity index (χ2v) is 6.87. The maximum atomic E-state index is 10.5. The third-order valence-corrected chi connectivity index (χ3v) is 4.89. The van der Waals surface area contributed by atoms with Crippen LogP contribution in [-0.2, 0) is 5.41 Å². The highest BCUT2D eigenvalue weighted by atomic mass is 35.5. The minimum atomic E-state index is -0.442. The molecule has 0 bridgehead atoms. The van der Waals surface area contributed by atoms with Crippen LogP contribution in [-0.4, -0.2) is 36.8 Å². The molecule has 20 heavy (non-hydrogen) atoms. The third kappa shape index (κ3) is 2.30. The SMILES string of the molecule is CN(C)CC(O)C1=CC2(CCCC2)c2ccc(Cl)cc21. The first-order chi connectivity index (χ1) is 9.52. The predicted molar refractivity (Wildman–Crippen MR) is 84.1 cm³/mol. The third-order valence-electron chi connectivity index (χ3n) is 4.65. The van der Waals surface area contributed by atoms with Gasteiger partial charge in [0.15, 0.2) is 0 Å². The van der Waals surface area contributed by atoms with Crippen molar-refractivity contribution < 1.29 is 5.11 Å². The van der Waals surface area contributed by atoms with Gasteiger partial charge in [0.1, 0.15) is 0 Å². The van der Waals surface area contributed by atoms with Crippen molar-refractivity contribution in [1.29, 1.82) is 0 Å². The summed E-state index contributed by atoms with van der Waals surface area (Å²) in [5, 5.41) is 11.3. The number of rotatable bonds is 3. The molecule has 2 aliphatic rings. The molecule has 108 valence electrons. The highest BCUT2D eigenvalue weighted by Crippen LogP contribution is 2.51. The lowest BCUT2D eigenvalue weighted by Crippen LogP contribution is -2.26. The minimum Gasteiger partial charge on any atom is -0.387 e. The number of hydrogen-bond acceptors (Lipinski definition) is 2. The molecule has 0 aromatic heterocycles. The van der Waals surface area contributed by atoms with Crippen molar-refractivity contribution in [2.45, 2.75) is 37.2 Å². The zero-order valence-electron chi connectivity index (χ0n) is 12.2. The predicted octanol–water partition coefficient (Wildman–Crippen LogP) is 3.47. The second kappa shape index (κ2) is 5.18. The lowest BCUT2D eigenvalue weighted by Gasteiger charge is -2.22. The number of halogens is 1. The van der Waals surface area contributed by atoms with Crippen molar-refractivity contribution in [3.05, 3.63) is 40.4 Å². The van der Waals surface area contributed by atoms with Crippen molar-refractivity contribution in [3.8, 4) is 0 Å². The molecule has 2 nitrogen and oxygen atoms in total. The fourth-order valence-electron chi connectivity index (χ4n) is 3.78. The highest BCUT2D eigenvalue weighted by molar-refractivity contribution is 6.30. The van der Waals surface area contributed by atoms with E-state index in [-0.39, 0.29) is 5.41 Å². The Balaban J connectivity index is 2.04. The Morgan fingerprint density at radius 1 is 1.30 bits per heavy atom. The molecule has 1 N–H and O–H groups in total. The van der Waals surface area contributed by atoms with E-state index in [2.05, 4.69) is 12.1 Å². The largest absolute Gasteiger partial charge is 0.387 e. The van der Waals surface area contributed by atoms with Gasteiger partial charge < -0.3 is 10.0 Å². The Hall–Kier alpha value is -0.830. The van der Waals surface area contributed by atoms with E-state index in [1.54, 1.807) is 0 Å². The van der Waals surface area contributed by atoms with Gasteiger partial charge in [-0.3, -0.25) is 0 Å². The summed E-state index contributed by atoms with van der Waals surface area (Å²) in [5.74, 6) is 0. The fourth-order valence-corrected chi connectivity index (χ4v) is 3.95. The molecule has 1 unspecified atom stereocenters. The van der Waals surface area contributed by atoms with E-state index < -0.39 is 6.10 Å². The van der Waals surface area contributed by atoms with E-state index in [1.165, 1.54) is 31.2 Å². The normalized spacial score (nSPS) is 21.4. The maximum Gasteiger partial charge on any atom is 0.0919 e. The zero-order valence-corrected chi connectivity index (χ0v) is 13.0. The maximum absolute atomic E-state index is 10.5. The average Bonchev–Trinajstić information content (AvgIpc) is 2.96. The van der Waals surface area contributed by atoms with Gasteiger partial charge in [0.2, 0.25) is 0 Å². The fraction of sp³-hybridized carbons (Fsp3) is 0.529. The summed E-state index contributed by atoms with van der Waals surface area (Å²) in [4.78, 5) is 2.02. The monoisotopic (exact) mass is 291 g/mol. The van der Waals surface area contributed by atoms with E-state index in [9.17, 15) is 5.11 Å². The Morgan fingerprint density at radius 2 is 2.00 bits per heavy atom.